The molecule has 2 aromatic carbocycles. The van der Waals surface area contributed by atoms with E-state index in [1.165, 1.54) is 0 Å². The van der Waals surface area contributed by atoms with Crippen LogP contribution in [0, 0.1) is 0 Å². The van der Waals surface area contributed by atoms with Crippen LogP contribution in [-0.4, -0.2) is 27.4 Å². The highest BCUT2D eigenvalue weighted by atomic mass is 32.2. The molecule has 1 aliphatic heterocycles. The highest BCUT2D eigenvalue weighted by Crippen LogP contribution is 2.30. The van der Waals surface area contributed by atoms with E-state index in [-0.39, 0.29) is 12.3 Å². The van der Waals surface area contributed by atoms with Gasteiger partial charge in [-0.05, 0) is 29.7 Å². The van der Waals surface area contributed by atoms with Gasteiger partial charge in [0.05, 0.1) is 19.0 Å². The second kappa shape index (κ2) is 7.68. The van der Waals surface area contributed by atoms with Crippen LogP contribution in [0.25, 0.3) is 0 Å². The van der Waals surface area contributed by atoms with Crippen molar-refractivity contribution in [2.75, 3.05) is 19.0 Å². The van der Waals surface area contributed by atoms with E-state index in [0.717, 1.165) is 17.5 Å². The summed E-state index contributed by atoms with van der Waals surface area (Å²) in [7, 11) is -3.33. The Hall–Kier alpha value is -2.05. The minimum absolute atomic E-state index is 0.0710. The van der Waals surface area contributed by atoms with Gasteiger partial charge in [-0.2, -0.15) is 0 Å². The first kappa shape index (κ1) is 16.8. The molecule has 3 rings (SSSR count). The fourth-order valence-electron chi connectivity index (χ4n) is 2.48. The predicted octanol–water partition coefficient (Wildman–Crippen LogP) is 2.51. The SMILES string of the molecule is O=S(=O)(CCc1ccccc1)NCc1ccc2c(c1)OCCCO2. The molecular weight excluding hydrogens is 326 g/mol. The quantitative estimate of drug-likeness (QED) is 0.872. The summed E-state index contributed by atoms with van der Waals surface area (Å²) in [6.07, 6.45) is 1.34. The molecule has 0 bridgehead atoms. The normalized spacial score (nSPS) is 14.2. The Morgan fingerprint density at radius 3 is 2.46 bits per heavy atom. The van der Waals surface area contributed by atoms with Crippen molar-refractivity contribution in [2.45, 2.75) is 19.4 Å². The van der Waals surface area contributed by atoms with Gasteiger partial charge in [0.1, 0.15) is 0 Å². The molecule has 0 saturated heterocycles. The second-order valence-corrected chi connectivity index (χ2v) is 7.63. The zero-order valence-electron chi connectivity index (χ0n) is 13.4. The van der Waals surface area contributed by atoms with E-state index in [1.54, 1.807) is 0 Å². The molecule has 1 aliphatic rings. The first-order chi connectivity index (χ1) is 11.6. The Morgan fingerprint density at radius 2 is 1.67 bits per heavy atom. The number of sulfonamides is 1. The third-order valence-corrected chi connectivity index (χ3v) is 5.14. The average molecular weight is 347 g/mol. The van der Waals surface area contributed by atoms with Crippen LogP contribution in [0.2, 0.25) is 0 Å². The minimum Gasteiger partial charge on any atom is -0.490 e. The van der Waals surface area contributed by atoms with E-state index in [9.17, 15) is 8.42 Å². The van der Waals surface area contributed by atoms with E-state index in [4.69, 9.17) is 9.47 Å². The summed E-state index contributed by atoms with van der Waals surface area (Å²) in [5, 5.41) is 0. The molecule has 0 aromatic heterocycles. The number of rotatable bonds is 6. The number of hydrogen-bond donors (Lipinski definition) is 1. The molecule has 0 aliphatic carbocycles. The molecule has 24 heavy (non-hydrogen) atoms. The Balaban J connectivity index is 1.57. The van der Waals surface area contributed by atoms with E-state index < -0.39 is 10.0 Å². The highest BCUT2D eigenvalue weighted by Gasteiger charge is 2.13. The van der Waals surface area contributed by atoms with Crippen molar-refractivity contribution in [2.24, 2.45) is 0 Å². The smallest absolute Gasteiger partial charge is 0.212 e. The van der Waals surface area contributed by atoms with Crippen LogP contribution >= 0.6 is 0 Å². The zero-order valence-corrected chi connectivity index (χ0v) is 14.2. The van der Waals surface area contributed by atoms with Crippen molar-refractivity contribution in [1.29, 1.82) is 0 Å². The van der Waals surface area contributed by atoms with Gasteiger partial charge in [0.25, 0.3) is 0 Å². The van der Waals surface area contributed by atoms with Crippen LogP contribution in [0.15, 0.2) is 48.5 Å². The molecular formula is C18H21NO4S. The van der Waals surface area contributed by atoms with Crippen LogP contribution in [-0.2, 0) is 23.0 Å². The molecule has 128 valence electrons. The van der Waals surface area contributed by atoms with Gasteiger partial charge >= 0.3 is 0 Å². The van der Waals surface area contributed by atoms with Crippen molar-refractivity contribution in [3.05, 3.63) is 59.7 Å². The maximum Gasteiger partial charge on any atom is 0.212 e. The molecule has 0 spiro atoms. The monoisotopic (exact) mass is 347 g/mol. The maximum absolute atomic E-state index is 12.2. The Bertz CT molecular complexity index is 775. The molecule has 1 N–H and O–H groups in total. The average Bonchev–Trinajstić information content (AvgIpc) is 2.84. The lowest BCUT2D eigenvalue weighted by Crippen LogP contribution is -2.26. The number of nitrogens with one attached hydrogen (secondary N) is 1. The largest absolute Gasteiger partial charge is 0.490 e. The second-order valence-electron chi connectivity index (χ2n) is 5.71. The zero-order chi connectivity index (χ0) is 16.8. The molecule has 0 saturated carbocycles. The summed E-state index contributed by atoms with van der Waals surface area (Å²) in [6, 6.07) is 15.1. The first-order valence-corrected chi connectivity index (χ1v) is 9.67. The number of benzene rings is 2. The minimum atomic E-state index is -3.33. The van der Waals surface area contributed by atoms with Crippen LogP contribution in [0.4, 0.5) is 0 Å². The summed E-state index contributed by atoms with van der Waals surface area (Å²) in [6.45, 7) is 1.49. The lowest BCUT2D eigenvalue weighted by molar-refractivity contribution is 0.297. The van der Waals surface area contributed by atoms with Crippen molar-refractivity contribution in [3.63, 3.8) is 0 Å². The molecule has 6 heteroatoms. The summed E-state index contributed by atoms with van der Waals surface area (Å²) in [4.78, 5) is 0. The van der Waals surface area contributed by atoms with Gasteiger partial charge in [0, 0.05) is 13.0 Å². The van der Waals surface area contributed by atoms with Gasteiger partial charge in [-0.25, -0.2) is 13.1 Å². The maximum atomic E-state index is 12.2. The predicted molar refractivity (Wildman–Crippen MR) is 92.8 cm³/mol. The first-order valence-electron chi connectivity index (χ1n) is 8.02. The molecule has 0 unspecified atom stereocenters. The van der Waals surface area contributed by atoms with Crippen LogP contribution < -0.4 is 14.2 Å². The van der Waals surface area contributed by atoms with Crippen molar-refractivity contribution in [3.8, 4) is 11.5 Å². The Kier molecular flexibility index (Phi) is 5.37. The fraction of sp³-hybridized carbons (Fsp3) is 0.333. The third-order valence-electron chi connectivity index (χ3n) is 3.81. The van der Waals surface area contributed by atoms with Gasteiger partial charge in [0.2, 0.25) is 10.0 Å². The van der Waals surface area contributed by atoms with Gasteiger partial charge in [0.15, 0.2) is 11.5 Å². The standard InChI is InChI=1S/C18H21NO4S/c20-24(21,12-9-15-5-2-1-3-6-15)19-14-16-7-8-17-18(13-16)23-11-4-10-22-17/h1-3,5-8,13,19H,4,9-12,14H2. The van der Waals surface area contributed by atoms with Crippen LogP contribution in [0.5, 0.6) is 11.5 Å². The van der Waals surface area contributed by atoms with E-state index in [2.05, 4.69) is 4.72 Å². The van der Waals surface area contributed by atoms with Crippen molar-refractivity contribution >= 4 is 10.0 Å². The number of aryl methyl sites for hydroxylation is 1. The molecule has 0 fully saturated rings. The lowest BCUT2D eigenvalue weighted by atomic mass is 10.2. The van der Waals surface area contributed by atoms with E-state index >= 15 is 0 Å². The lowest BCUT2D eigenvalue weighted by Gasteiger charge is -2.10. The summed E-state index contributed by atoms with van der Waals surface area (Å²) < 4.78 is 38.1. The van der Waals surface area contributed by atoms with E-state index in [1.807, 2.05) is 48.5 Å². The topological polar surface area (TPSA) is 64.6 Å². The van der Waals surface area contributed by atoms with Gasteiger partial charge in [-0.3, -0.25) is 0 Å². The molecule has 1 heterocycles. The van der Waals surface area contributed by atoms with Crippen LogP contribution in [0.1, 0.15) is 17.5 Å². The van der Waals surface area contributed by atoms with Crippen molar-refractivity contribution < 1.29 is 17.9 Å². The highest BCUT2D eigenvalue weighted by molar-refractivity contribution is 7.89. The Labute approximate surface area is 142 Å². The molecule has 0 radical (unpaired) electrons. The summed E-state index contributed by atoms with van der Waals surface area (Å²) in [5.41, 5.74) is 1.86. The Morgan fingerprint density at radius 1 is 0.917 bits per heavy atom. The number of fused-ring (bicyclic) bond motifs is 1. The molecule has 5 nitrogen and oxygen atoms in total. The molecule has 0 amide bonds. The third kappa shape index (κ3) is 4.72. The van der Waals surface area contributed by atoms with Gasteiger partial charge < -0.3 is 9.47 Å². The van der Waals surface area contributed by atoms with Crippen molar-refractivity contribution in [1.82, 2.24) is 4.72 Å². The van der Waals surface area contributed by atoms with Gasteiger partial charge in [-0.15, -0.1) is 0 Å². The summed E-state index contributed by atoms with van der Waals surface area (Å²) in [5.74, 6) is 1.46. The molecule has 2 aromatic rings. The summed E-state index contributed by atoms with van der Waals surface area (Å²) >= 11 is 0. The van der Waals surface area contributed by atoms with Gasteiger partial charge in [-0.1, -0.05) is 36.4 Å². The van der Waals surface area contributed by atoms with E-state index in [0.29, 0.717) is 31.1 Å². The molecule has 0 atom stereocenters. The van der Waals surface area contributed by atoms with Crippen LogP contribution in [0.3, 0.4) is 0 Å². The number of hydrogen-bond acceptors (Lipinski definition) is 4. The fourth-order valence-corrected chi connectivity index (χ4v) is 3.52. The number of ether oxygens (including phenoxy) is 2.